The molecule has 0 spiro atoms. The first kappa shape index (κ1) is 18.7. The third kappa shape index (κ3) is 4.92. The molecule has 6 heteroatoms. The number of thiophene rings is 1. The van der Waals surface area contributed by atoms with Crippen molar-refractivity contribution in [3.8, 4) is 0 Å². The van der Waals surface area contributed by atoms with Crippen molar-refractivity contribution in [2.24, 2.45) is 0 Å². The second-order valence-corrected chi connectivity index (χ2v) is 8.61. The molecule has 0 unspecified atom stereocenters. The lowest BCUT2D eigenvalue weighted by Crippen LogP contribution is -2.42. The predicted octanol–water partition coefficient (Wildman–Crippen LogP) is 4.23. The number of amides is 1. The van der Waals surface area contributed by atoms with Gasteiger partial charge in [0.2, 0.25) is 0 Å². The van der Waals surface area contributed by atoms with Crippen LogP contribution in [0.2, 0.25) is 0 Å². The fourth-order valence-electron chi connectivity index (χ4n) is 2.15. The molecule has 0 aliphatic heterocycles. The van der Waals surface area contributed by atoms with Crippen molar-refractivity contribution < 1.29 is 14.7 Å². The Morgan fingerprint density at radius 1 is 1.17 bits per heavy atom. The van der Waals surface area contributed by atoms with E-state index in [1.807, 2.05) is 30.3 Å². The van der Waals surface area contributed by atoms with Gasteiger partial charge in [0.05, 0.1) is 4.88 Å². The zero-order valence-electron chi connectivity index (χ0n) is 13.8. The lowest BCUT2D eigenvalue weighted by Gasteiger charge is -2.16. The molecule has 128 valence electrons. The molecule has 0 fully saturated rings. The van der Waals surface area contributed by atoms with Gasteiger partial charge in [0, 0.05) is 15.8 Å². The number of hydrogen-bond donors (Lipinski definition) is 2. The molecule has 2 rings (SSSR count). The molecule has 2 N–H and O–H groups in total. The first-order valence-electron chi connectivity index (χ1n) is 7.55. The van der Waals surface area contributed by atoms with Crippen molar-refractivity contribution in [3.63, 3.8) is 0 Å². The minimum atomic E-state index is -1.04. The molecule has 2 aromatic rings. The molecule has 0 aliphatic carbocycles. The maximum absolute atomic E-state index is 12.4. The molecular weight excluding hydrogens is 390 g/mol. The van der Waals surface area contributed by atoms with Crippen LogP contribution in [0.4, 0.5) is 0 Å². The van der Waals surface area contributed by atoms with E-state index in [4.69, 9.17) is 0 Å². The normalized spacial score (nSPS) is 12.7. The quantitative estimate of drug-likeness (QED) is 0.775. The summed E-state index contributed by atoms with van der Waals surface area (Å²) >= 11 is 4.74. The van der Waals surface area contributed by atoms with Crippen LogP contribution in [0.25, 0.3) is 0 Å². The third-order valence-corrected chi connectivity index (χ3v) is 5.56. The number of rotatable bonds is 5. The van der Waals surface area contributed by atoms with E-state index >= 15 is 0 Å². The molecule has 0 aliphatic rings. The Morgan fingerprint density at radius 3 is 2.29 bits per heavy atom. The number of halogens is 1. The van der Waals surface area contributed by atoms with Gasteiger partial charge in [-0.3, -0.25) is 4.79 Å². The van der Waals surface area contributed by atoms with Gasteiger partial charge in [-0.15, -0.1) is 11.3 Å². The minimum Gasteiger partial charge on any atom is -0.480 e. The summed E-state index contributed by atoms with van der Waals surface area (Å²) in [4.78, 5) is 25.5. The molecule has 1 atom stereocenters. The summed E-state index contributed by atoms with van der Waals surface area (Å²) in [5.74, 6) is -1.39. The molecule has 1 heterocycles. The monoisotopic (exact) mass is 409 g/mol. The Morgan fingerprint density at radius 2 is 1.79 bits per heavy atom. The highest BCUT2D eigenvalue weighted by molar-refractivity contribution is 9.10. The molecule has 1 aromatic heterocycles. The molecule has 24 heavy (non-hydrogen) atoms. The first-order valence-corrected chi connectivity index (χ1v) is 9.16. The van der Waals surface area contributed by atoms with Gasteiger partial charge >= 0.3 is 5.97 Å². The summed E-state index contributed by atoms with van der Waals surface area (Å²) in [7, 11) is 0. The summed E-state index contributed by atoms with van der Waals surface area (Å²) in [6.45, 7) is 6.23. The van der Waals surface area contributed by atoms with E-state index in [1.165, 1.54) is 11.3 Å². The van der Waals surface area contributed by atoms with Crippen LogP contribution < -0.4 is 5.32 Å². The lowest BCUT2D eigenvalue weighted by atomic mass is 9.95. The van der Waals surface area contributed by atoms with Crippen molar-refractivity contribution in [1.82, 2.24) is 5.32 Å². The van der Waals surface area contributed by atoms with Crippen LogP contribution in [0.1, 0.15) is 40.9 Å². The molecule has 0 bridgehead atoms. The fraction of sp³-hybridized carbons (Fsp3) is 0.333. The topological polar surface area (TPSA) is 66.4 Å². The van der Waals surface area contributed by atoms with Crippen LogP contribution >= 0.6 is 27.3 Å². The van der Waals surface area contributed by atoms with Gasteiger partial charge < -0.3 is 10.4 Å². The summed E-state index contributed by atoms with van der Waals surface area (Å²) in [6.07, 6.45) is 0.242. The van der Waals surface area contributed by atoms with Crippen molar-refractivity contribution in [2.45, 2.75) is 38.6 Å². The number of carbonyl (C=O) groups excluding carboxylic acids is 1. The van der Waals surface area contributed by atoms with Gasteiger partial charge in [0.25, 0.3) is 5.91 Å². The Kier molecular flexibility index (Phi) is 5.83. The molecule has 0 saturated heterocycles. The molecule has 1 amide bonds. The Hall–Kier alpha value is -1.66. The minimum absolute atomic E-state index is 0.0349. The predicted molar refractivity (Wildman–Crippen MR) is 99.8 cm³/mol. The largest absolute Gasteiger partial charge is 0.480 e. The van der Waals surface area contributed by atoms with Crippen LogP contribution in [-0.2, 0) is 16.6 Å². The number of hydrogen-bond acceptors (Lipinski definition) is 3. The van der Waals surface area contributed by atoms with Crippen LogP contribution in [0.5, 0.6) is 0 Å². The second-order valence-electron chi connectivity index (χ2n) is 6.61. The highest BCUT2D eigenvalue weighted by atomic mass is 79.9. The van der Waals surface area contributed by atoms with E-state index in [9.17, 15) is 14.7 Å². The highest BCUT2D eigenvalue weighted by Gasteiger charge is 2.23. The average Bonchev–Trinajstić information content (AvgIpc) is 2.98. The first-order chi connectivity index (χ1) is 11.2. The third-order valence-electron chi connectivity index (χ3n) is 3.53. The zero-order valence-corrected chi connectivity index (χ0v) is 16.2. The van der Waals surface area contributed by atoms with Crippen molar-refractivity contribution in [1.29, 1.82) is 0 Å². The van der Waals surface area contributed by atoms with Crippen LogP contribution in [0.15, 0.2) is 40.9 Å². The Labute approximate surface area is 154 Å². The number of carboxylic acid groups (broad SMARTS) is 1. The van der Waals surface area contributed by atoms with Crippen LogP contribution in [-0.4, -0.2) is 23.0 Å². The number of benzene rings is 1. The second kappa shape index (κ2) is 7.49. The summed E-state index contributed by atoms with van der Waals surface area (Å²) in [5.41, 5.74) is 0.819. The van der Waals surface area contributed by atoms with Gasteiger partial charge in [0.1, 0.15) is 6.04 Å². The number of nitrogens with one attached hydrogen (secondary N) is 1. The summed E-state index contributed by atoms with van der Waals surface area (Å²) in [6, 6.07) is 10.1. The van der Waals surface area contributed by atoms with E-state index in [2.05, 4.69) is 42.0 Å². The van der Waals surface area contributed by atoms with Crippen molar-refractivity contribution >= 4 is 39.1 Å². The van der Waals surface area contributed by atoms with E-state index < -0.39 is 12.0 Å². The lowest BCUT2D eigenvalue weighted by molar-refractivity contribution is -0.139. The Bertz CT molecular complexity index is 731. The van der Waals surface area contributed by atoms with Gasteiger partial charge in [-0.1, -0.05) is 48.8 Å². The number of carbonyl (C=O) groups is 2. The van der Waals surface area contributed by atoms with Gasteiger partial charge in [-0.25, -0.2) is 4.79 Å². The standard InChI is InChI=1S/C18H20BrNO3S/c1-18(2,3)15-9-8-14(24-15)16(21)20-13(17(22)23)10-11-4-6-12(19)7-5-11/h4-9,13H,10H2,1-3H3,(H,20,21)(H,22,23)/t13-/m0/s1. The SMILES string of the molecule is CC(C)(C)c1ccc(C(=O)N[C@@H](Cc2ccc(Br)cc2)C(=O)O)s1. The van der Waals surface area contributed by atoms with Crippen molar-refractivity contribution in [3.05, 3.63) is 56.2 Å². The fourth-order valence-corrected chi connectivity index (χ4v) is 3.38. The Balaban J connectivity index is 2.09. The zero-order chi connectivity index (χ0) is 17.9. The smallest absolute Gasteiger partial charge is 0.326 e. The van der Waals surface area contributed by atoms with E-state index in [-0.39, 0.29) is 17.7 Å². The van der Waals surface area contributed by atoms with Crippen molar-refractivity contribution in [2.75, 3.05) is 0 Å². The van der Waals surface area contributed by atoms with Gasteiger partial charge in [0.15, 0.2) is 0 Å². The molecular formula is C18H20BrNO3S. The highest BCUT2D eigenvalue weighted by Crippen LogP contribution is 2.29. The van der Waals surface area contributed by atoms with Gasteiger partial charge in [-0.05, 0) is 35.2 Å². The maximum Gasteiger partial charge on any atom is 0.326 e. The summed E-state index contributed by atoms with van der Waals surface area (Å²) < 4.78 is 0.926. The summed E-state index contributed by atoms with van der Waals surface area (Å²) in [5, 5.41) is 12.0. The van der Waals surface area contributed by atoms with E-state index in [1.54, 1.807) is 6.07 Å². The van der Waals surface area contributed by atoms with E-state index in [0.717, 1.165) is 14.9 Å². The van der Waals surface area contributed by atoms with E-state index in [0.29, 0.717) is 4.88 Å². The molecule has 1 aromatic carbocycles. The average molecular weight is 410 g/mol. The maximum atomic E-state index is 12.4. The van der Waals surface area contributed by atoms with Crippen LogP contribution in [0.3, 0.4) is 0 Å². The molecule has 4 nitrogen and oxygen atoms in total. The number of aliphatic carboxylic acids is 1. The van der Waals surface area contributed by atoms with Gasteiger partial charge in [-0.2, -0.15) is 0 Å². The molecule has 0 radical (unpaired) electrons. The van der Waals surface area contributed by atoms with Crippen LogP contribution in [0, 0.1) is 0 Å². The molecule has 0 saturated carbocycles. The number of carboxylic acids is 1.